The molecule has 0 bridgehead atoms. The average molecular weight is 380 g/mol. The Morgan fingerprint density at radius 2 is 1.93 bits per heavy atom. The summed E-state index contributed by atoms with van der Waals surface area (Å²) in [6.45, 7) is 2.78. The smallest absolute Gasteiger partial charge is 0.229 e. The number of nitrogens with zero attached hydrogens (tertiary/aromatic N) is 1. The number of amides is 1. The van der Waals surface area contributed by atoms with Gasteiger partial charge in [-0.15, -0.1) is 0 Å². The number of hydrogen-bond acceptors (Lipinski definition) is 3. The summed E-state index contributed by atoms with van der Waals surface area (Å²) < 4.78 is 0. The van der Waals surface area contributed by atoms with E-state index in [1.807, 2.05) is 55.5 Å². The topological polar surface area (TPSA) is 54.0 Å². The van der Waals surface area contributed by atoms with E-state index in [1.165, 1.54) is 5.56 Å². The van der Waals surface area contributed by atoms with Crippen molar-refractivity contribution in [1.29, 1.82) is 0 Å². The molecule has 0 aliphatic heterocycles. The highest BCUT2D eigenvalue weighted by atomic mass is 35.5. The minimum Gasteiger partial charge on any atom is -0.383 e. The van der Waals surface area contributed by atoms with Crippen molar-refractivity contribution >= 4 is 29.0 Å². The Bertz CT molecular complexity index is 909. The van der Waals surface area contributed by atoms with E-state index in [4.69, 9.17) is 11.6 Å². The van der Waals surface area contributed by atoms with Crippen LogP contribution in [-0.2, 0) is 17.6 Å². The molecule has 5 heteroatoms. The second kappa shape index (κ2) is 9.19. The van der Waals surface area contributed by atoms with Gasteiger partial charge in [0.05, 0.1) is 18.3 Å². The van der Waals surface area contributed by atoms with Crippen LogP contribution in [0.2, 0.25) is 5.02 Å². The maximum atomic E-state index is 12.2. The summed E-state index contributed by atoms with van der Waals surface area (Å²) in [7, 11) is 0. The summed E-state index contributed by atoms with van der Waals surface area (Å²) in [4.78, 5) is 16.5. The van der Waals surface area contributed by atoms with Crippen molar-refractivity contribution in [3.8, 4) is 0 Å². The molecule has 2 aromatic carbocycles. The van der Waals surface area contributed by atoms with Crippen LogP contribution in [0.15, 0.2) is 66.9 Å². The minimum atomic E-state index is -0.0709. The van der Waals surface area contributed by atoms with Gasteiger partial charge < -0.3 is 10.6 Å². The highest BCUT2D eigenvalue weighted by Gasteiger charge is 2.07. The van der Waals surface area contributed by atoms with Gasteiger partial charge in [0, 0.05) is 11.6 Å². The summed E-state index contributed by atoms with van der Waals surface area (Å²) in [6, 6.07) is 19.4. The second-order valence-corrected chi connectivity index (χ2v) is 6.83. The van der Waals surface area contributed by atoms with E-state index in [-0.39, 0.29) is 5.91 Å². The molecule has 3 rings (SSSR count). The van der Waals surface area contributed by atoms with Gasteiger partial charge in [-0.3, -0.25) is 4.79 Å². The third kappa shape index (κ3) is 5.83. The summed E-state index contributed by atoms with van der Waals surface area (Å²) in [5.41, 5.74) is 4.23. The number of anilines is 2. The summed E-state index contributed by atoms with van der Waals surface area (Å²) in [5.74, 6) is 0.479. The van der Waals surface area contributed by atoms with Crippen molar-refractivity contribution < 1.29 is 4.79 Å². The first-order valence-electron chi connectivity index (χ1n) is 8.89. The fraction of sp³-hybridized carbons (Fsp3) is 0.182. The van der Waals surface area contributed by atoms with Crippen LogP contribution in [0.25, 0.3) is 0 Å². The number of carbonyl (C=O) groups excluding carboxylic acids is 1. The number of carbonyl (C=O) groups is 1. The summed E-state index contributed by atoms with van der Waals surface area (Å²) in [6.07, 6.45) is 2.94. The van der Waals surface area contributed by atoms with Crippen LogP contribution in [0.3, 0.4) is 0 Å². The molecule has 2 N–H and O–H groups in total. The normalized spacial score (nSPS) is 10.4. The van der Waals surface area contributed by atoms with Gasteiger partial charge in [-0.2, -0.15) is 0 Å². The van der Waals surface area contributed by atoms with E-state index >= 15 is 0 Å². The largest absolute Gasteiger partial charge is 0.383 e. The predicted molar refractivity (Wildman–Crippen MR) is 111 cm³/mol. The number of hydrogen-bond donors (Lipinski definition) is 2. The molecule has 0 spiro atoms. The molecule has 0 atom stereocenters. The van der Waals surface area contributed by atoms with Crippen LogP contribution < -0.4 is 10.6 Å². The van der Waals surface area contributed by atoms with Crippen LogP contribution in [0.5, 0.6) is 0 Å². The maximum absolute atomic E-state index is 12.2. The monoisotopic (exact) mass is 379 g/mol. The number of rotatable bonds is 7. The fourth-order valence-corrected chi connectivity index (χ4v) is 3.00. The molecule has 1 amide bonds. The van der Waals surface area contributed by atoms with E-state index in [0.717, 1.165) is 34.8 Å². The molecule has 1 aromatic heterocycles. The molecule has 138 valence electrons. The van der Waals surface area contributed by atoms with Gasteiger partial charge >= 0.3 is 0 Å². The molecule has 3 aromatic rings. The van der Waals surface area contributed by atoms with E-state index in [9.17, 15) is 4.79 Å². The molecule has 0 unspecified atom stereocenters. The lowest BCUT2D eigenvalue weighted by atomic mass is 10.1. The SMILES string of the molecule is Cc1ccccc1CC(=O)Nc1ccc(NCCc2cccc(Cl)c2)cn1. The summed E-state index contributed by atoms with van der Waals surface area (Å²) in [5, 5.41) is 6.91. The maximum Gasteiger partial charge on any atom is 0.229 e. The Morgan fingerprint density at radius 1 is 1.07 bits per heavy atom. The highest BCUT2D eigenvalue weighted by Crippen LogP contribution is 2.14. The summed E-state index contributed by atoms with van der Waals surface area (Å²) >= 11 is 5.99. The van der Waals surface area contributed by atoms with Gasteiger partial charge in [-0.25, -0.2) is 4.98 Å². The molecular formula is C22H22ClN3O. The molecule has 0 radical (unpaired) electrons. The molecular weight excluding hydrogens is 358 g/mol. The lowest BCUT2D eigenvalue weighted by Gasteiger charge is -2.09. The third-order valence-electron chi connectivity index (χ3n) is 4.28. The Labute approximate surface area is 164 Å². The first-order chi connectivity index (χ1) is 13.1. The molecule has 27 heavy (non-hydrogen) atoms. The quantitative estimate of drug-likeness (QED) is 0.615. The van der Waals surface area contributed by atoms with Crippen LogP contribution in [0.1, 0.15) is 16.7 Å². The van der Waals surface area contributed by atoms with Crippen molar-refractivity contribution in [2.75, 3.05) is 17.2 Å². The fourth-order valence-electron chi connectivity index (χ4n) is 2.78. The number of aryl methyl sites for hydroxylation is 1. The van der Waals surface area contributed by atoms with E-state index in [1.54, 1.807) is 12.3 Å². The highest BCUT2D eigenvalue weighted by molar-refractivity contribution is 6.30. The zero-order valence-electron chi connectivity index (χ0n) is 15.2. The lowest BCUT2D eigenvalue weighted by molar-refractivity contribution is -0.115. The number of nitrogens with one attached hydrogen (secondary N) is 2. The van der Waals surface area contributed by atoms with Gasteiger partial charge in [0.1, 0.15) is 5.82 Å². The van der Waals surface area contributed by atoms with Crippen LogP contribution in [0.4, 0.5) is 11.5 Å². The molecule has 0 fully saturated rings. The van der Waals surface area contributed by atoms with Crippen molar-refractivity contribution in [2.24, 2.45) is 0 Å². The predicted octanol–water partition coefficient (Wildman–Crippen LogP) is 4.88. The standard InChI is InChI=1S/C22H22ClN3O/c1-16-5-2-3-7-18(16)14-22(27)26-21-10-9-20(15-25-21)24-12-11-17-6-4-8-19(23)13-17/h2-10,13,15,24H,11-12,14H2,1H3,(H,25,26,27). The van der Waals surface area contributed by atoms with Crippen LogP contribution in [-0.4, -0.2) is 17.4 Å². The molecule has 0 saturated heterocycles. The van der Waals surface area contributed by atoms with Crippen LogP contribution in [0, 0.1) is 6.92 Å². The van der Waals surface area contributed by atoms with Gasteiger partial charge in [0.25, 0.3) is 0 Å². The van der Waals surface area contributed by atoms with Gasteiger partial charge in [-0.05, 0) is 54.3 Å². The Hall–Kier alpha value is -2.85. The van der Waals surface area contributed by atoms with Crippen molar-refractivity contribution in [1.82, 2.24) is 4.98 Å². The molecule has 4 nitrogen and oxygen atoms in total. The minimum absolute atomic E-state index is 0.0709. The lowest BCUT2D eigenvalue weighted by Crippen LogP contribution is -2.16. The third-order valence-corrected chi connectivity index (χ3v) is 4.51. The Balaban J connectivity index is 1.48. The zero-order valence-corrected chi connectivity index (χ0v) is 16.0. The number of aromatic nitrogens is 1. The van der Waals surface area contributed by atoms with E-state index in [2.05, 4.69) is 21.7 Å². The van der Waals surface area contributed by atoms with Gasteiger partial charge in [-0.1, -0.05) is 48.0 Å². The van der Waals surface area contributed by atoms with Crippen molar-refractivity contribution in [3.05, 3.63) is 88.6 Å². The molecule has 0 saturated carbocycles. The number of halogens is 1. The molecule has 0 aliphatic rings. The Kier molecular flexibility index (Phi) is 6.44. The molecule has 0 aliphatic carbocycles. The van der Waals surface area contributed by atoms with Gasteiger partial charge in [0.15, 0.2) is 0 Å². The first kappa shape index (κ1) is 18.9. The van der Waals surface area contributed by atoms with E-state index in [0.29, 0.717) is 12.2 Å². The average Bonchev–Trinajstić information content (AvgIpc) is 2.65. The number of pyridine rings is 1. The first-order valence-corrected chi connectivity index (χ1v) is 9.27. The zero-order chi connectivity index (χ0) is 19.1. The van der Waals surface area contributed by atoms with Gasteiger partial charge in [0.2, 0.25) is 5.91 Å². The van der Waals surface area contributed by atoms with Crippen molar-refractivity contribution in [2.45, 2.75) is 19.8 Å². The van der Waals surface area contributed by atoms with Crippen LogP contribution >= 0.6 is 11.6 Å². The second-order valence-electron chi connectivity index (χ2n) is 6.39. The Morgan fingerprint density at radius 3 is 2.67 bits per heavy atom. The van der Waals surface area contributed by atoms with E-state index < -0.39 is 0 Å². The molecule has 1 heterocycles. The number of benzene rings is 2. The van der Waals surface area contributed by atoms with Crippen molar-refractivity contribution in [3.63, 3.8) is 0 Å².